The average molecular weight is 595 g/mol. The van der Waals surface area contributed by atoms with Gasteiger partial charge in [0, 0.05) is 31.0 Å². The SMILES string of the molecule is Cc1cn(C[C@H](NC(=O)OCc2ccccc2)C(=O)O)c(=O)nc1NCCCNc1ccccn1.O=C(O)C(F)(F)F. The lowest BCUT2D eigenvalue weighted by molar-refractivity contribution is -0.192. The zero-order valence-electron chi connectivity index (χ0n) is 22.3. The molecular formula is C26H29F3N6O7. The van der Waals surface area contributed by atoms with Crippen LogP contribution in [0.4, 0.5) is 29.6 Å². The van der Waals surface area contributed by atoms with Gasteiger partial charge in [-0.25, -0.2) is 24.2 Å². The van der Waals surface area contributed by atoms with Crippen LogP contribution in [0.15, 0.2) is 65.7 Å². The lowest BCUT2D eigenvalue weighted by atomic mass is 10.2. The van der Waals surface area contributed by atoms with Gasteiger partial charge in [-0.05, 0) is 31.0 Å². The van der Waals surface area contributed by atoms with E-state index >= 15 is 0 Å². The molecule has 0 aliphatic carbocycles. The van der Waals surface area contributed by atoms with Crippen LogP contribution in [0.2, 0.25) is 0 Å². The predicted molar refractivity (Wildman–Crippen MR) is 144 cm³/mol. The second-order valence-electron chi connectivity index (χ2n) is 8.53. The number of hydrogen-bond acceptors (Lipinski definition) is 9. The van der Waals surface area contributed by atoms with E-state index < -0.39 is 35.9 Å². The highest BCUT2D eigenvalue weighted by atomic mass is 19.4. The summed E-state index contributed by atoms with van der Waals surface area (Å²) in [5.74, 6) is -2.84. The molecule has 16 heteroatoms. The van der Waals surface area contributed by atoms with Crippen molar-refractivity contribution in [3.63, 3.8) is 0 Å². The van der Waals surface area contributed by atoms with Crippen molar-refractivity contribution in [3.8, 4) is 0 Å². The summed E-state index contributed by atoms with van der Waals surface area (Å²) in [6, 6.07) is 13.2. The number of rotatable bonds is 12. The second-order valence-corrected chi connectivity index (χ2v) is 8.53. The number of alkyl halides is 3. The van der Waals surface area contributed by atoms with Crippen LogP contribution in [0.3, 0.4) is 0 Å². The molecule has 2 aromatic heterocycles. The van der Waals surface area contributed by atoms with E-state index in [1.807, 2.05) is 24.3 Å². The number of aliphatic carboxylic acids is 2. The largest absolute Gasteiger partial charge is 0.490 e. The third-order valence-electron chi connectivity index (χ3n) is 5.22. The van der Waals surface area contributed by atoms with Gasteiger partial charge >= 0.3 is 29.9 Å². The number of amides is 1. The fourth-order valence-electron chi connectivity index (χ4n) is 3.18. The van der Waals surface area contributed by atoms with Crippen LogP contribution in [0.1, 0.15) is 17.5 Å². The number of hydrogen-bond donors (Lipinski definition) is 5. The molecule has 0 bridgehead atoms. The summed E-state index contributed by atoms with van der Waals surface area (Å²) < 4.78 is 38.0. The van der Waals surface area contributed by atoms with E-state index in [9.17, 15) is 32.7 Å². The lowest BCUT2D eigenvalue weighted by Gasteiger charge is -2.17. The number of nitrogens with one attached hydrogen (secondary N) is 3. The minimum atomic E-state index is -5.08. The van der Waals surface area contributed by atoms with Gasteiger partial charge in [-0.1, -0.05) is 36.4 Å². The lowest BCUT2D eigenvalue weighted by Crippen LogP contribution is -2.45. The first-order valence-corrected chi connectivity index (χ1v) is 12.3. The third-order valence-corrected chi connectivity index (χ3v) is 5.22. The molecule has 0 radical (unpaired) electrons. The highest BCUT2D eigenvalue weighted by Gasteiger charge is 2.38. The van der Waals surface area contributed by atoms with E-state index in [4.69, 9.17) is 14.6 Å². The van der Waals surface area contributed by atoms with Crippen LogP contribution >= 0.6 is 0 Å². The van der Waals surface area contributed by atoms with E-state index in [2.05, 4.69) is 25.9 Å². The summed E-state index contributed by atoms with van der Waals surface area (Å²) in [4.78, 5) is 53.3. The van der Waals surface area contributed by atoms with E-state index in [0.29, 0.717) is 24.5 Å². The molecule has 1 atom stereocenters. The van der Waals surface area contributed by atoms with Gasteiger partial charge in [0.25, 0.3) is 0 Å². The minimum absolute atomic E-state index is 0.00261. The number of anilines is 2. The number of carbonyl (C=O) groups is 3. The van der Waals surface area contributed by atoms with Gasteiger partial charge < -0.3 is 30.9 Å². The summed E-state index contributed by atoms with van der Waals surface area (Å²) in [6.45, 7) is 2.72. The van der Waals surface area contributed by atoms with Crippen molar-refractivity contribution in [1.29, 1.82) is 0 Å². The zero-order valence-corrected chi connectivity index (χ0v) is 22.3. The Morgan fingerprint density at radius 2 is 1.67 bits per heavy atom. The van der Waals surface area contributed by atoms with Crippen molar-refractivity contribution in [2.45, 2.75) is 38.7 Å². The smallest absolute Gasteiger partial charge is 0.480 e. The number of aromatic nitrogens is 3. The minimum Gasteiger partial charge on any atom is -0.480 e. The van der Waals surface area contributed by atoms with E-state index in [1.54, 1.807) is 37.4 Å². The van der Waals surface area contributed by atoms with Crippen LogP contribution in [-0.2, 0) is 27.5 Å². The Morgan fingerprint density at radius 3 is 2.26 bits per heavy atom. The standard InChI is InChI=1S/C24H28N6O5.C2HF3O2/c1-17-14-30(15-19(22(31)32)28-24(34)35-16-18-8-3-2-4-9-18)23(33)29-21(17)27-13-7-12-26-20-10-5-6-11-25-20;3-2(4,5)1(6)7/h2-6,8-11,14,19H,7,12-13,15-16H2,1H3,(H,25,26)(H,28,34)(H,31,32)(H,27,29,33);(H,6,7)/t19-;/m0./s1. The summed E-state index contributed by atoms with van der Waals surface area (Å²) in [5, 5.41) is 25.2. The molecule has 0 aliphatic rings. The van der Waals surface area contributed by atoms with Gasteiger partial charge in [0.1, 0.15) is 24.3 Å². The second kappa shape index (κ2) is 16.2. The fraction of sp³-hybridized carbons (Fsp3) is 0.308. The van der Waals surface area contributed by atoms with Gasteiger partial charge in [-0.15, -0.1) is 0 Å². The molecule has 0 unspecified atom stereocenters. The first-order chi connectivity index (χ1) is 19.9. The Bertz CT molecular complexity index is 1370. The molecular weight excluding hydrogens is 565 g/mol. The molecule has 42 heavy (non-hydrogen) atoms. The number of nitrogens with zero attached hydrogens (tertiary/aromatic N) is 3. The Labute approximate surface area is 237 Å². The maximum Gasteiger partial charge on any atom is 0.490 e. The number of carboxylic acids is 2. The summed E-state index contributed by atoms with van der Waals surface area (Å²) in [7, 11) is 0. The van der Waals surface area contributed by atoms with Gasteiger partial charge in [0.2, 0.25) is 0 Å². The number of carbonyl (C=O) groups excluding carboxylic acids is 1. The fourth-order valence-corrected chi connectivity index (χ4v) is 3.18. The molecule has 0 saturated heterocycles. The maximum atomic E-state index is 12.5. The Hall–Kier alpha value is -5.15. The molecule has 3 aromatic rings. The van der Waals surface area contributed by atoms with Gasteiger partial charge in [0.15, 0.2) is 0 Å². The molecule has 1 amide bonds. The third kappa shape index (κ3) is 11.9. The highest BCUT2D eigenvalue weighted by Crippen LogP contribution is 2.13. The predicted octanol–water partition coefficient (Wildman–Crippen LogP) is 2.87. The van der Waals surface area contributed by atoms with E-state index in [0.717, 1.165) is 22.4 Å². The average Bonchev–Trinajstić information content (AvgIpc) is 2.94. The first kappa shape index (κ1) is 33.1. The van der Waals surface area contributed by atoms with Crippen molar-refractivity contribution >= 4 is 29.7 Å². The zero-order chi connectivity index (χ0) is 31.1. The molecule has 5 N–H and O–H groups in total. The van der Waals surface area contributed by atoms with E-state index in [-0.39, 0.29) is 13.2 Å². The number of halogens is 3. The number of carboxylic acid groups (broad SMARTS) is 2. The normalized spacial score (nSPS) is 11.3. The molecule has 226 valence electrons. The molecule has 0 spiro atoms. The van der Waals surface area contributed by atoms with Crippen LogP contribution in [-0.4, -0.2) is 68.1 Å². The molecule has 13 nitrogen and oxygen atoms in total. The molecule has 1 aromatic carbocycles. The number of alkyl carbamates (subject to hydrolysis) is 1. The van der Waals surface area contributed by atoms with Gasteiger partial charge in [0.05, 0.1) is 6.54 Å². The van der Waals surface area contributed by atoms with Crippen molar-refractivity contribution in [2.24, 2.45) is 0 Å². The Morgan fingerprint density at radius 1 is 1.02 bits per heavy atom. The van der Waals surface area contributed by atoms with Gasteiger partial charge in [-0.2, -0.15) is 18.2 Å². The van der Waals surface area contributed by atoms with Crippen molar-refractivity contribution in [2.75, 3.05) is 23.7 Å². The summed E-state index contributed by atoms with van der Waals surface area (Å²) in [5.41, 5.74) is 0.801. The van der Waals surface area contributed by atoms with Crippen molar-refractivity contribution in [1.82, 2.24) is 19.9 Å². The maximum absolute atomic E-state index is 12.5. The van der Waals surface area contributed by atoms with Crippen molar-refractivity contribution in [3.05, 3.63) is 82.5 Å². The quantitative estimate of drug-likeness (QED) is 0.194. The molecule has 0 saturated carbocycles. The Balaban J connectivity index is 0.000000782. The van der Waals surface area contributed by atoms with Crippen LogP contribution in [0.5, 0.6) is 0 Å². The van der Waals surface area contributed by atoms with Gasteiger partial charge in [-0.3, -0.25) is 4.57 Å². The number of aryl methyl sites for hydroxylation is 1. The highest BCUT2D eigenvalue weighted by molar-refractivity contribution is 5.79. The monoisotopic (exact) mass is 594 g/mol. The van der Waals surface area contributed by atoms with Crippen LogP contribution < -0.4 is 21.6 Å². The molecule has 3 rings (SSSR count). The molecule has 2 heterocycles. The first-order valence-electron chi connectivity index (χ1n) is 12.3. The number of benzene rings is 1. The summed E-state index contributed by atoms with van der Waals surface area (Å²) in [6.07, 6.45) is -1.99. The number of ether oxygens (including phenoxy) is 1. The van der Waals surface area contributed by atoms with Crippen LogP contribution in [0.25, 0.3) is 0 Å². The topological polar surface area (TPSA) is 185 Å². The molecule has 0 aliphatic heterocycles. The molecule has 0 fully saturated rings. The van der Waals surface area contributed by atoms with E-state index in [1.165, 1.54) is 6.20 Å². The number of pyridine rings is 1. The van der Waals surface area contributed by atoms with Crippen molar-refractivity contribution < 1.29 is 42.5 Å². The Kier molecular flexibility index (Phi) is 12.7. The summed E-state index contributed by atoms with van der Waals surface area (Å²) >= 11 is 0. The van der Waals surface area contributed by atoms with Crippen LogP contribution in [0, 0.1) is 6.92 Å².